The molecule has 5 nitrogen and oxygen atoms in total. The lowest BCUT2D eigenvalue weighted by molar-refractivity contribution is -0.148. The lowest BCUT2D eigenvalue weighted by Crippen LogP contribution is -2.40. The van der Waals surface area contributed by atoms with Gasteiger partial charge < -0.3 is 15.1 Å². The Morgan fingerprint density at radius 2 is 2.17 bits per heavy atom. The normalized spacial score (nSPS) is 28.1. The van der Waals surface area contributed by atoms with Gasteiger partial charge in [-0.15, -0.1) is 0 Å². The molecule has 2 atom stereocenters. The van der Waals surface area contributed by atoms with Gasteiger partial charge >= 0.3 is 5.97 Å². The largest absolute Gasteiger partial charge is 0.480 e. The minimum Gasteiger partial charge on any atom is -0.480 e. The number of nitrogens with zero attached hydrogens (tertiary/aromatic N) is 1. The van der Waals surface area contributed by atoms with Crippen molar-refractivity contribution in [1.29, 1.82) is 0 Å². The van der Waals surface area contributed by atoms with Gasteiger partial charge in [0.25, 0.3) is 0 Å². The van der Waals surface area contributed by atoms with Gasteiger partial charge in [-0.2, -0.15) is 0 Å². The molecule has 1 fully saturated rings. The summed E-state index contributed by atoms with van der Waals surface area (Å²) < 4.78 is 0. The summed E-state index contributed by atoms with van der Waals surface area (Å²) in [5, 5.41) is 18.5. The van der Waals surface area contributed by atoms with E-state index in [9.17, 15) is 14.7 Å². The number of carbonyl (C=O) groups excluding carboxylic acids is 1. The minimum atomic E-state index is -1.03. The monoisotopic (exact) mass is 253 g/mol. The molecule has 100 valence electrons. The molecule has 2 unspecified atom stereocenters. The minimum absolute atomic E-state index is 0.139. The second-order valence-electron chi connectivity index (χ2n) is 5.07. The zero-order valence-corrected chi connectivity index (χ0v) is 10.3. The van der Waals surface area contributed by atoms with E-state index in [1.807, 2.05) is 0 Å². The first-order chi connectivity index (χ1) is 8.58. The fourth-order valence-electron chi connectivity index (χ4n) is 2.68. The van der Waals surface area contributed by atoms with Crippen molar-refractivity contribution in [3.8, 4) is 0 Å². The third-order valence-electron chi connectivity index (χ3n) is 3.65. The van der Waals surface area contributed by atoms with Crippen molar-refractivity contribution in [3.05, 3.63) is 11.6 Å². The number of allylic oxidation sites excluding steroid dienone is 1. The van der Waals surface area contributed by atoms with Crippen molar-refractivity contribution in [2.45, 2.75) is 50.7 Å². The summed E-state index contributed by atoms with van der Waals surface area (Å²) in [5.74, 6) is -1.20. The zero-order valence-electron chi connectivity index (χ0n) is 10.3. The number of aliphatic hydroxyl groups is 1. The number of amides is 1. The SMILES string of the molecule is O=C(O)C1CC(O)CN1C(=O)CC1=CCCCC1. The van der Waals surface area contributed by atoms with E-state index in [0.29, 0.717) is 6.42 Å². The van der Waals surface area contributed by atoms with Crippen LogP contribution < -0.4 is 0 Å². The molecule has 0 saturated carbocycles. The molecule has 1 aliphatic heterocycles. The molecule has 0 spiro atoms. The predicted octanol–water partition coefficient (Wildman–Crippen LogP) is 0.923. The van der Waals surface area contributed by atoms with E-state index in [-0.39, 0.29) is 18.9 Å². The molecule has 0 aromatic rings. The van der Waals surface area contributed by atoms with E-state index in [0.717, 1.165) is 31.3 Å². The number of rotatable bonds is 3. The average molecular weight is 253 g/mol. The van der Waals surface area contributed by atoms with E-state index >= 15 is 0 Å². The van der Waals surface area contributed by atoms with Crippen LogP contribution in [-0.2, 0) is 9.59 Å². The van der Waals surface area contributed by atoms with Crippen LogP contribution in [-0.4, -0.2) is 45.7 Å². The average Bonchev–Trinajstić information content (AvgIpc) is 2.73. The Kier molecular flexibility index (Phi) is 4.01. The van der Waals surface area contributed by atoms with E-state index in [2.05, 4.69) is 6.08 Å². The zero-order chi connectivity index (χ0) is 13.1. The van der Waals surface area contributed by atoms with Crippen LogP contribution >= 0.6 is 0 Å². The van der Waals surface area contributed by atoms with E-state index < -0.39 is 18.1 Å². The summed E-state index contributed by atoms with van der Waals surface area (Å²) in [6.07, 6.45) is 6.02. The van der Waals surface area contributed by atoms with Gasteiger partial charge in [-0.05, 0) is 25.7 Å². The molecule has 1 aliphatic carbocycles. The van der Waals surface area contributed by atoms with Crippen molar-refractivity contribution in [3.63, 3.8) is 0 Å². The van der Waals surface area contributed by atoms with Crippen LogP contribution in [0.1, 0.15) is 38.5 Å². The molecule has 2 N–H and O–H groups in total. The molecule has 0 bridgehead atoms. The number of aliphatic carboxylic acids is 1. The number of β-amino-alcohol motifs (C(OH)–C–C–N with tert-alkyl or cyclic N) is 1. The fourth-order valence-corrected chi connectivity index (χ4v) is 2.68. The van der Waals surface area contributed by atoms with Gasteiger partial charge in [0.15, 0.2) is 0 Å². The molecule has 5 heteroatoms. The summed E-state index contributed by atoms with van der Waals surface area (Å²) in [7, 11) is 0. The molecular weight excluding hydrogens is 234 g/mol. The highest BCUT2D eigenvalue weighted by Crippen LogP contribution is 2.24. The lowest BCUT2D eigenvalue weighted by Gasteiger charge is -2.22. The van der Waals surface area contributed by atoms with Crippen molar-refractivity contribution >= 4 is 11.9 Å². The standard InChI is InChI=1S/C13H19NO4/c15-10-7-11(13(17)18)14(8-10)12(16)6-9-4-2-1-3-5-9/h4,10-11,15H,1-3,5-8H2,(H,17,18). The number of likely N-dealkylation sites (tertiary alicyclic amines) is 1. The topological polar surface area (TPSA) is 77.8 Å². The Morgan fingerprint density at radius 1 is 1.39 bits per heavy atom. The molecule has 1 amide bonds. The van der Waals surface area contributed by atoms with Crippen molar-refractivity contribution in [1.82, 2.24) is 4.90 Å². The molecule has 0 aromatic heterocycles. The van der Waals surface area contributed by atoms with Gasteiger partial charge in [0.2, 0.25) is 5.91 Å². The van der Waals surface area contributed by atoms with Gasteiger partial charge in [0.05, 0.1) is 6.10 Å². The van der Waals surface area contributed by atoms with Gasteiger partial charge in [0, 0.05) is 19.4 Å². The van der Waals surface area contributed by atoms with Gasteiger partial charge in [-0.1, -0.05) is 11.6 Å². The number of carboxylic acid groups (broad SMARTS) is 1. The van der Waals surface area contributed by atoms with Crippen LogP contribution in [0.3, 0.4) is 0 Å². The van der Waals surface area contributed by atoms with E-state index in [4.69, 9.17) is 5.11 Å². The maximum Gasteiger partial charge on any atom is 0.326 e. The summed E-state index contributed by atoms with van der Waals surface area (Å²) >= 11 is 0. The first-order valence-electron chi connectivity index (χ1n) is 6.46. The molecule has 0 radical (unpaired) electrons. The van der Waals surface area contributed by atoms with E-state index in [1.165, 1.54) is 4.90 Å². The third-order valence-corrected chi connectivity index (χ3v) is 3.65. The Bertz CT molecular complexity index is 377. The highest BCUT2D eigenvalue weighted by molar-refractivity contribution is 5.85. The maximum absolute atomic E-state index is 12.1. The number of carboxylic acids is 1. The molecule has 0 aromatic carbocycles. The first kappa shape index (κ1) is 13.1. The summed E-state index contributed by atoms with van der Waals surface area (Å²) in [4.78, 5) is 24.4. The van der Waals surface area contributed by atoms with Crippen molar-refractivity contribution in [2.75, 3.05) is 6.54 Å². The highest BCUT2D eigenvalue weighted by atomic mass is 16.4. The molecule has 1 saturated heterocycles. The van der Waals surface area contributed by atoms with E-state index in [1.54, 1.807) is 0 Å². The smallest absolute Gasteiger partial charge is 0.326 e. The lowest BCUT2D eigenvalue weighted by atomic mass is 9.97. The second kappa shape index (κ2) is 5.52. The second-order valence-corrected chi connectivity index (χ2v) is 5.07. The molecular formula is C13H19NO4. The molecule has 2 aliphatic rings. The van der Waals surface area contributed by atoms with Crippen molar-refractivity contribution < 1.29 is 19.8 Å². The summed E-state index contributed by atoms with van der Waals surface area (Å²) in [6, 6.07) is -0.864. The van der Waals surface area contributed by atoms with Crippen LogP contribution in [0.5, 0.6) is 0 Å². The predicted molar refractivity (Wildman–Crippen MR) is 64.9 cm³/mol. The quantitative estimate of drug-likeness (QED) is 0.733. The maximum atomic E-state index is 12.1. The van der Waals surface area contributed by atoms with Gasteiger partial charge in [-0.3, -0.25) is 4.79 Å². The summed E-state index contributed by atoms with van der Waals surface area (Å²) in [5.41, 5.74) is 1.11. The highest BCUT2D eigenvalue weighted by Gasteiger charge is 2.38. The van der Waals surface area contributed by atoms with Crippen LogP contribution in [0, 0.1) is 0 Å². The van der Waals surface area contributed by atoms with Gasteiger partial charge in [0.1, 0.15) is 6.04 Å². The number of hydrogen-bond acceptors (Lipinski definition) is 3. The third kappa shape index (κ3) is 2.90. The Morgan fingerprint density at radius 3 is 2.78 bits per heavy atom. The van der Waals surface area contributed by atoms with Crippen LogP contribution in [0.15, 0.2) is 11.6 Å². The van der Waals surface area contributed by atoms with Crippen molar-refractivity contribution in [2.24, 2.45) is 0 Å². The Balaban J connectivity index is 1.99. The Hall–Kier alpha value is -1.36. The Labute approximate surface area is 106 Å². The van der Waals surface area contributed by atoms with Gasteiger partial charge in [-0.25, -0.2) is 4.79 Å². The number of aliphatic hydroxyl groups excluding tert-OH is 1. The first-order valence-corrected chi connectivity index (χ1v) is 6.46. The molecule has 18 heavy (non-hydrogen) atoms. The molecule has 2 rings (SSSR count). The number of carbonyl (C=O) groups is 2. The van der Waals surface area contributed by atoms with Crippen LogP contribution in [0.2, 0.25) is 0 Å². The summed E-state index contributed by atoms with van der Waals surface area (Å²) in [6.45, 7) is 0.142. The van der Waals surface area contributed by atoms with Crippen LogP contribution in [0.25, 0.3) is 0 Å². The molecule has 1 heterocycles. The number of hydrogen-bond donors (Lipinski definition) is 2. The van der Waals surface area contributed by atoms with Crippen LogP contribution in [0.4, 0.5) is 0 Å². The fraction of sp³-hybridized carbons (Fsp3) is 0.692.